The zero-order chi connectivity index (χ0) is 9.40. The Morgan fingerprint density at radius 3 is 2.33 bits per heavy atom. The second kappa shape index (κ2) is 6.66. The molecule has 0 fully saturated rings. The van der Waals surface area contributed by atoms with Crippen molar-refractivity contribution in [2.45, 2.75) is 27.2 Å². The van der Waals surface area contributed by atoms with Gasteiger partial charge in [0.25, 0.3) is 0 Å². The van der Waals surface area contributed by atoms with Gasteiger partial charge in [-0.15, -0.1) is 0 Å². The molecule has 0 aliphatic carbocycles. The molecule has 0 saturated carbocycles. The Morgan fingerprint density at radius 1 is 1.25 bits per heavy atom. The molecule has 0 saturated heterocycles. The summed E-state index contributed by atoms with van der Waals surface area (Å²) in [6, 6.07) is 0. The first-order valence-corrected chi connectivity index (χ1v) is 4.37. The third-order valence-electron chi connectivity index (χ3n) is 1.36. The molecule has 66 valence electrons. The van der Waals surface area contributed by atoms with Crippen molar-refractivity contribution in [3.05, 3.63) is 48.1 Å². The fourth-order valence-corrected chi connectivity index (χ4v) is 0.858. The van der Waals surface area contributed by atoms with Crippen LogP contribution in [0.3, 0.4) is 0 Å². The molecule has 0 radical (unpaired) electrons. The fraction of sp³-hybridized carbons (Fsp3) is 0.333. The van der Waals surface area contributed by atoms with Gasteiger partial charge in [0.05, 0.1) is 0 Å². The Morgan fingerprint density at radius 2 is 1.92 bits per heavy atom. The van der Waals surface area contributed by atoms with Crippen molar-refractivity contribution in [1.29, 1.82) is 0 Å². The quantitative estimate of drug-likeness (QED) is 0.547. The first kappa shape index (κ1) is 11.0. The molecule has 0 heterocycles. The lowest BCUT2D eigenvalue weighted by molar-refractivity contribution is 1.21. The monoisotopic (exact) mass is 162 g/mol. The van der Waals surface area contributed by atoms with E-state index < -0.39 is 0 Å². The SMILES string of the molecule is C=C(C)\C=C/C(=C\CC)/C=C/C. The van der Waals surface area contributed by atoms with Gasteiger partial charge in [0.15, 0.2) is 0 Å². The molecule has 0 aromatic heterocycles. The second-order valence-corrected chi connectivity index (χ2v) is 2.79. The van der Waals surface area contributed by atoms with Gasteiger partial charge in [-0.2, -0.15) is 0 Å². The van der Waals surface area contributed by atoms with E-state index in [9.17, 15) is 0 Å². The topological polar surface area (TPSA) is 0 Å². The highest BCUT2D eigenvalue weighted by Gasteiger charge is 1.82. The molecule has 12 heavy (non-hydrogen) atoms. The van der Waals surface area contributed by atoms with Crippen molar-refractivity contribution in [3.8, 4) is 0 Å². The van der Waals surface area contributed by atoms with Crippen LogP contribution in [0, 0.1) is 0 Å². The Labute approximate surface area is 76.0 Å². The number of rotatable bonds is 4. The lowest BCUT2D eigenvalue weighted by Gasteiger charge is -1.92. The summed E-state index contributed by atoms with van der Waals surface area (Å²) in [6.07, 6.45) is 11.5. The van der Waals surface area contributed by atoms with E-state index in [2.05, 4.69) is 31.7 Å². The first-order chi connectivity index (χ1) is 5.70. The van der Waals surface area contributed by atoms with Crippen LogP contribution in [0.25, 0.3) is 0 Å². The maximum absolute atomic E-state index is 3.81. The highest BCUT2D eigenvalue weighted by molar-refractivity contribution is 5.33. The van der Waals surface area contributed by atoms with Gasteiger partial charge in [-0.1, -0.05) is 49.5 Å². The molecule has 0 atom stereocenters. The van der Waals surface area contributed by atoms with Gasteiger partial charge in [-0.05, 0) is 25.8 Å². The second-order valence-electron chi connectivity index (χ2n) is 2.79. The minimum atomic E-state index is 1.07. The van der Waals surface area contributed by atoms with Crippen LogP contribution >= 0.6 is 0 Å². The van der Waals surface area contributed by atoms with Gasteiger partial charge in [0.1, 0.15) is 0 Å². The van der Waals surface area contributed by atoms with E-state index in [-0.39, 0.29) is 0 Å². The summed E-state index contributed by atoms with van der Waals surface area (Å²) in [6.45, 7) is 9.97. The van der Waals surface area contributed by atoms with Crippen molar-refractivity contribution in [1.82, 2.24) is 0 Å². The molecule has 0 unspecified atom stereocenters. The van der Waals surface area contributed by atoms with Crippen LogP contribution in [-0.2, 0) is 0 Å². The van der Waals surface area contributed by atoms with Crippen molar-refractivity contribution >= 4 is 0 Å². The number of hydrogen-bond acceptors (Lipinski definition) is 0. The van der Waals surface area contributed by atoms with Crippen LogP contribution in [-0.4, -0.2) is 0 Å². The molecule has 0 heteroatoms. The van der Waals surface area contributed by atoms with E-state index >= 15 is 0 Å². The largest absolute Gasteiger partial charge is 0.0961 e. The molecule has 0 aliphatic rings. The Balaban J connectivity index is 4.33. The van der Waals surface area contributed by atoms with Gasteiger partial charge >= 0.3 is 0 Å². The van der Waals surface area contributed by atoms with E-state index in [1.54, 1.807) is 0 Å². The Bertz CT molecular complexity index is 214. The normalized spacial score (nSPS) is 13.1. The maximum atomic E-state index is 3.81. The fourth-order valence-electron chi connectivity index (χ4n) is 0.858. The lowest BCUT2D eigenvalue weighted by Crippen LogP contribution is -1.71. The van der Waals surface area contributed by atoms with Gasteiger partial charge in [0.2, 0.25) is 0 Å². The third-order valence-corrected chi connectivity index (χ3v) is 1.36. The summed E-state index contributed by atoms with van der Waals surface area (Å²) in [7, 11) is 0. The first-order valence-electron chi connectivity index (χ1n) is 4.37. The standard InChI is InChI=1S/C12H18/c1-5-7-12(8-6-2)10-9-11(3)4/h5,7-10H,3,6H2,1-2,4H3/b7-5+,10-9-,12-8-. The van der Waals surface area contributed by atoms with Crippen LogP contribution in [0.5, 0.6) is 0 Å². The van der Waals surface area contributed by atoms with E-state index in [0.29, 0.717) is 0 Å². The van der Waals surface area contributed by atoms with Crippen molar-refractivity contribution < 1.29 is 0 Å². The molecule has 0 aromatic carbocycles. The third kappa shape index (κ3) is 5.72. The van der Waals surface area contributed by atoms with Gasteiger partial charge in [-0.25, -0.2) is 0 Å². The minimum absolute atomic E-state index is 1.07. The minimum Gasteiger partial charge on any atom is -0.0961 e. The summed E-state index contributed by atoms with van der Waals surface area (Å²) in [5, 5.41) is 0. The highest BCUT2D eigenvalue weighted by atomic mass is 13.9. The summed E-state index contributed by atoms with van der Waals surface area (Å²) < 4.78 is 0. The van der Waals surface area contributed by atoms with Gasteiger partial charge in [-0.3, -0.25) is 0 Å². The average Bonchev–Trinajstić information content (AvgIpc) is 2.01. The Hall–Kier alpha value is -1.04. The smallest absolute Gasteiger partial charge is 0.0300 e. The van der Waals surface area contributed by atoms with Gasteiger partial charge < -0.3 is 0 Å². The molecule has 0 N–H and O–H groups in total. The van der Waals surface area contributed by atoms with Crippen LogP contribution in [0.1, 0.15) is 27.2 Å². The molecular weight excluding hydrogens is 144 g/mol. The molecule has 0 spiro atoms. The van der Waals surface area contributed by atoms with Gasteiger partial charge in [0, 0.05) is 0 Å². The van der Waals surface area contributed by atoms with Crippen molar-refractivity contribution in [3.63, 3.8) is 0 Å². The molecule has 0 rings (SSSR count). The van der Waals surface area contributed by atoms with Crippen LogP contribution in [0.4, 0.5) is 0 Å². The van der Waals surface area contributed by atoms with Crippen LogP contribution in [0.15, 0.2) is 48.1 Å². The molecule has 0 aliphatic heterocycles. The molecule has 0 aromatic rings. The number of hydrogen-bond donors (Lipinski definition) is 0. The lowest BCUT2D eigenvalue weighted by atomic mass is 10.1. The molecular formula is C12H18. The maximum Gasteiger partial charge on any atom is -0.0300 e. The van der Waals surface area contributed by atoms with Crippen molar-refractivity contribution in [2.24, 2.45) is 0 Å². The summed E-state index contributed by atoms with van der Waals surface area (Å²) in [5.41, 5.74) is 2.34. The number of allylic oxidation sites excluding steroid dienone is 7. The zero-order valence-electron chi connectivity index (χ0n) is 8.30. The summed E-state index contributed by atoms with van der Waals surface area (Å²) in [5.74, 6) is 0. The predicted octanol–water partition coefficient (Wildman–Crippen LogP) is 4.03. The molecule has 0 bridgehead atoms. The molecule has 0 nitrogen and oxygen atoms in total. The van der Waals surface area contributed by atoms with Crippen molar-refractivity contribution in [2.75, 3.05) is 0 Å². The predicted molar refractivity (Wildman–Crippen MR) is 57.1 cm³/mol. The molecule has 0 amide bonds. The van der Waals surface area contributed by atoms with E-state index in [1.165, 1.54) is 5.57 Å². The van der Waals surface area contributed by atoms with Crippen LogP contribution in [0.2, 0.25) is 0 Å². The van der Waals surface area contributed by atoms with E-state index in [0.717, 1.165) is 12.0 Å². The van der Waals surface area contributed by atoms with Crippen LogP contribution < -0.4 is 0 Å². The average molecular weight is 162 g/mol. The van der Waals surface area contributed by atoms with E-state index in [1.807, 2.05) is 26.0 Å². The summed E-state index contributed by atoms with van der Waals surface area (Å²) in [4.78, 5) is 0. The zero-order valence-corrected chi connectivity index (χ0v) is 8.30. The summed E-state index contributed by atoms with van der Waals surface area (Å²) >= 11 is 0. The highest BCUT2D eigenvalue weighted by Crippen LogP contribution is 2.03. The van der Waals surface area contributed by atoms with E-state index in [4.69, 9.17) is 0 Å². The Kier molecular flexibility index (Phi) is 6.08.